The molecule has 3 heterocycles. The Morgan fingerprint density at radius 3 is 2.47 bits per heavy atom. The first-order chi connectivity index (χ1) is 14.5. The number of aryl methyl sites for hydroxylation is 2. The molecule has 3 aromatic heterocycles. The van der Waals surface area contributed by atoms with E-state index in [9.17, 15) is 0 Å². The number of pyridine rings is 2. The minimum absolute atomic E-state index is 0.494. The third-order valence-electron chi connectivity index (χ3n) is 5.76. The molecule has 148 valence electrons. The lowest BCUT2D eigenvalue weighted by molar-refractivity contribution is 0.653. The molecule has 0 amide bonds. The summed E-state index contributed by atoms with van der Waals surface area (Å²) in [4.78, 5) is 9.29. The number of benzene rings is 2. The van der Waals surface area contributed by atoms with E-state index < -0.39 is 0 Å². The molecule has 5 rings (SSSR count). The van der Waals surface area contributed by atoms with E-state index in [2.05, 4.69) is 80.4 Å². The number of rotatable bonds is 3. The van der Waals surface area contributed by atoms with Crippen LogP contribution in [-0.2, 0) is 0 Å². The number of hydrogen-bond acceptors (Lipinski definition) is 3. The molecule has 3 heteroatoms. The van der Waals surface area contributed by atoms with Crippen molar-refractivity contribution >= 4 is 22.1 Å². The molecule has 0 unspecified atom stereocenters. The van der Waals surface area contributed by atoms with E-state index in [0.29, 0.717) is 11.6 Å². The van der Waals surface area contributed by atoms with Crippen LogP contribution in [0.25, 0.3) is 44.5 Å². The summed E-state index contributed by atoms with van der Waals surface area (Å²) in [6.45, 7) is 8.53. The topological polar surface area (TPSA) is 38.9 Å². The Hall–Kier alpha value is -3.46. The van der Waals surface area contributed by atoms with E-state index in [1.165, 1.54) is 11.1 Å². The maximum absolute atomic E-state index is 6.24. The lowest BCUT2D eigenvalue weighted by Gasteiger charge is -2.11. The number of aromatic nitrogens is 2. The predicted molar refractivity (Wildman–Crippen MR) is 124 cm³/mol. The van der Waals surface area contributed by atoms with Crippen LogP contribution in [0.5, 0.6) is 0 Å². The van der Waals surface area contributed by atoms with Crippen LogP contribution in [0, 0.1) is 13.8 Å². The first-order valence-corrected chi connectivity index (χ1v) is 10.4. The van der Waals surface area contributed by atoms with Gasteiger partial charge in [-0.1, -0.05) is 50.2 Å². The largest absolute Gasteiger partial charge is 0.437 e. The van der Waals surface area contributed by atoms with Gasteiger partial charge in [-0.3, -0.25) is 4.98 Å². The van der Waals surface area contributed by atoms with Crippen molar-refractivity contribution in [2.24, 2.45) is 0 Å². The van der Waals surface area contributed by atoms with Gasteiger partial charge in [0.15, 0.2) is 0 Å². The fourth-order valence-corrected chi connectivity index (χ4v) is 4.05. The smallest absolute Gasteiger partial charge is 0.227 e. The molecule has 0 radical (unpaired) electrons. The Kier molecular flexibility index (Phi) is 4.39. The molecule has 0 spiro atoms. The van der Waals surface area contributed by atoms with Crippen LogP contribution in [0.1, 0.15) is 36.6 Å². The third-order valence-corrected chi connectivity index (χ3v) is 5.76. The van der Waals surface area contributed by atoms with Crippen molar-refractivity contribution in [3.8, 4) is 22.4 Å². The molecule has 0 bridgehead atoms. The number of nitrogens with zero attached hydrogens (tertiary/aromatic N) is 2. The van der Waals surface area contributed by atoms with Gasteiger partial charge in [0.2, 0.25) is 5.71 Å². The SMILES string of the molecule is Cc1ccc2c(n1)oc1c(-c3cc(-c4cccc(C(C)C)c4)ccn3)c(C)ccc12. The Bertz CT molecular complexity index is 1400. The monoisotopic (exact) mass is 392 g/mol. The zero-order valence-corrected chi connectivity index (χ0v) is 17.7. The maximum Gasteiger partial charge on any atom is 0.227 e. The Morgan fingerprint density at radius 1 is 0.833 bits per heavy atom. The van der Waals surface area contributed by atoms with Crippen LogP contribution >= 0.6 is 0 Å². The molecule has 0 atom stereocenters. The summed E-state index contributed by atoms with van der Waals surface area (Å²) in [7, 11) is 0. The summed E-state index contributed by atoms with van der Waals surface area (Å²) >= 11 is 0. The summed E-state index contributed by atoms with van der Waals surface area (Å²) in [6, 6.07) is 21.3. The van der Waals surface area contributed by atoms with Crippen molar-refractivity contribution in [1.82, 2.24) is 9.97 Å². The molecule has 3 nitrogen and oxygen atoms in total. The maximum atomic E-state index is 6.24. The average molecular weight is 393 g/mol. The standard InChI is InChI=1S/C27H24N2O/c1-16(2)19-6-5-7-20(14-19)21-12-13-28-24(15-21)25-17(3)8-10-22-23-11-9-18(4)29-27(23)30-26(22)25/h5-16H,1-4H3. The molecular weight excluding hydrogens is 368 g/mol. The van der Waals surface area contributed by atoms with Gasteiger partial charge in [0.05, 0.1) is 5.69 Å². The van der Waals surface area contributed by atoms with Crippen molar-refractivity contribution in [3.63, 3.8) is 0 Å². The van der Waals surface area contributed by atoms with Gasteiger partial charge >= 0.3 is 0 Å². The quantitative estimate of drug-likeness (QED) is 0.320. The van der Waals surface area contributed by atoms with Crippen LogP contribution in [0.4, 0.5) is 0 Å². The van der Waals surface area contributed by atoms with Gasteiger partial charge in [-0.15, -0.1) is 0 Å². The van der Waals surface area contributed by atoms with E-state index in [0.717, 1.165) is 44.4 Å². The first-order valence-electron chi connectivity index (χ1n) is 10.4. The second-order valence-corrected chi connectivity index (χ2v) is 8.25. The normalized spacial score (nSPS) is 11.6. The fourth-order valence-electron chi connectivity index (χ4n) is 4.05. The van der Waals surface area contributed by atoms with E-state index in [-0.39, 0.29) is 0 Å². The molecule has 0 N–H and O–H groups in total. The molecule has 0 aliphatic rings. The summed E-state index contributed by atoms with van der Waals surface area (Å²) in [5.41, 5.74) is 9.26. The van der Waals surface area contributed by atoms with Crippen molar-refractivity contribution < 1.29 is 4.42 Å². The van der Waals surface area contributed by atoms with Gasteiger partial charge in [-0.25, -0.2) is 4.98 Å². The van der Waals surface area contributed by atoms with Crippen molar-refractivity contribution in [2.75, 3.05) is 0 Å². The van der Waals surface area contributed by atoms with Crippen molar-refractivity contribution in [1.29, 1.82) is 0 Å². The number of hydrogen-bond donors (Lipinski definition) is 0. The fraction of sp³-hybridized carbons (Fsp3) is 0.185. The summed E-state index contributed by atoms with van der Waals surface area (Å²) in [5.74, 6) is 0.494. The molecule has 5 aromatic rings. The zero-order valence-electron chi connectivity index (χ0n) is 17.7. The summed E-state index contributed by atoms with van der Waals surface area (Å²) in [5, 5.41) is 2.12. The van der Waals surface area contributed by atoms with Gasteiger partial charge in [-0.05, 0) is 66.3 Å². The Balaban J connectivity index is 1.71. The highest BCUT2D eigenvalue weighted by Crippen LogP contribution is 2.37. The minimum Gasteiger partial charge on any atom is -0.437 e. The Morgan fingerprint density at radius 2 is 1.63 bits per heavy atom. The van der Waals surface area contributed by atoms with Crippen LogP contribution < -0.4 is 0 Å². The third kappa shape index (κ3) is 3.07. The van der Waals surface area contributed by atoms with Crippen LogP contribution in [0.2, 0.25) is 0 Å². The van der Waals surface area contributed by atoms with E-state index in [1.54, 1.807) is 0 Å². The molecule has 0 aliphatic heterocycles. The highest BCUT2D eigenvalue weighted by atomic mass is 16.3. The van der Waals surface area contributed by atoms with Gasteiger partial charge in [0.25, 0.3) is 0 Å². The molecular formula is C27H24N2O. The number of fused-ring (bicyclic) bond motifs is 3. The molecule has 2 aromatic carbocycles. The van der Waals surface area contributed by atoms with Gasteiger partial charge in [0, 0.05) is 28.2 Å². The van der Waals surface area contributed by atoms with Gasteiger partial charge < -0.3 is 4.42 Å². The van der Waals surface area contributed by atoms with Crippen LogP contribution in [-0.4, -0.2) is 9.97 Å². The first kappa shape index (κ1) is 18.6. The summed E-state index contributed by atoms with van der Waals surface area (Å²) in [6.07, 6.45) is 1.88. The zero-order chi connectivity index (χ0) is 20.8. The van der Waals surface area contributed by atoms with Crippen LogP contribution in [0.15, 0.2) is 71.3 Å². The van der Waals surface area contributed by atoms with Crippen molar-refractivity contribution in [3.05, 3.63) is 83.7 Å². The van der Waals surface area contributed by atoms with Crippen molar-refractivity contribution in [2.45, 2.75) is 33.6 Å². The molecule has 0 saturated carbocycles. The second-order valence-electron chi connectivity index (χ2n) is 8.25. The van der Waals surface area contributed by atoms with E-state index >= 15 is 0 Å². The molecule has 0 saturated heterocycles. The average Bonchev–Trinajstić information content (AvgIpc) is 3.11. The van der Waals surface area contributed by atoms with E-state index in [4.69, 9.17) is 9.40 Å². The van der Waals surface area contributed by atoms with E-state index in [1.807, 2.05) is 19.2 Å². The van der Waals surface area contributed by atoms with Gasteiger partial charge in [0.1, 0.15) is 5.58 Å². The van der Waals surface area contributed by atoms with Crippen LogP contribution in [0.3, 0.4) is 0 Å². The van der Waals surface area contributed by atoms with Gasteiger partial charge in [-0.2, -0.15) is 0 Å². The molecule has 30 heavy (non-hydrogen) atoms. The second kappa shape index (κ2) is 7.10. The number of furan rings is 1. The summed E-state index contributed by atoms with van der Waals surface area (Å²) < 4.78 is 6.24. The highest BCUT2D eigenvalue weighted by molar-refractivity contribution is 6.09. The minimum atomic E-state index is 0.494. The Labute approximate surface area is 176 Å². The highest BCUT2D eigenvalue weighted by Gasteiger charge is 2.17. The molecule has 0 aliphatic carbocycles. The lowest BCUT2D eigenvalue weighted by Crippen LogP contribution is -1.91. The lowest BCUT2D eigenvalue weighted by atomic mass is 9.96. The molecule has 0 fully saturated rings. The predicted octanol–water partition coefficient (Wildman–Crippen LogP) is 7.45.